The number of rotatable bonds is 5. The molecule has 0 bridgehead atoms. The van der Waals surface area contributed by atoms with Gasteiger partial charge in [0.1, 0.15) is 6.04 Å². The van der Waals surface area contributed by atoms with E-state index in [1.54, 1.807) is 12.1 Å². The van der Waals surface area contributed by atoms with Crippen molar-refractivity contribution >= 4 is 39.1 Å². The summed E-state index contributed by atoms with van der Waals surface area (Å²) >= 11 is 4.59. The first-order valence-corrected chi connectivity index (χ1v) is 6.51. The molecule has 0 aliphatic heterocycles. The molecule has 88 valence electrons. The van der Waals surface area contributed by atoms with Crippen molar-refractivity contribution in [2.24, 2.45) is 5.73 Å². The average molecular weight is 305 g/mol. The molecule has 1 heterocycles. The summed E-state index contributed by atoms with van der Waals surface area (Å²) in [5.74, 6) is -0.751. The van der Waals surface area contributed by atoms with Gasteiger partial charge >= 0.3 is 0 Å². The Hall–Kier alpha value is -0.880. The average Bonchev–Trinajstić information content (AvgIpc) is 2.64. The van der Waals surface area contributed by atoms with E-state index in [2.05, 4.69) is 21.2 Å². The van der Waals surface area contributed by atoms with Gasteiger partial charge < -0.3 is 11.1 Å². The van der Waals surface area contributed by atoms with Crippen molar-refractivity contribution in [3.8, 4) is 0 Å². The van der Waals surface area contributed by atoms with Crippen LogP contribution in [0.1, 0.15) is 29.4 Å². The van der Waals surface area contributed by atoms with Crippen molar-refractivity contribution in [2.75, 3.05) is 0 Å². The molecular weight excluding hydrogens is 292 g/mol. The molecule has 0 aromatic carbocycles. The van der Waals surface area contributed by atoms with Gasteiger partial charge in [0.2, 0.25) is 5.91 Å². The van der Waals surface area contributed by atoms with E-state index in [4.69, 9.17) is 5.73 Å². The van der Waals surface area contributed by atoms with Crippen LogP contribution in [0.3, 0.4) is 0 Å². The lowest BCUT2D eigenvalue weighted by Gasteiger charge is -2.13. The maximum Gasteiger partial charge on any atom is 0.262 e. The zero-order valence-corrected chi connectivity index (χ0v) is 11.2. The van der Waals surface area contributed by atoms with Gasteiger partial charge in [0, 0.05) is 0 Å². The van der Waals surface area contributed by atoms with Gasteiger partial charge in [-0.05, 0) is 34.5 Å². The summed E-state index contributed by atoms with van der Waals surface area (Å²) in [6, 6.07) is 2.91. The third-order valence-corrected chi connectivity index (χ3v) is 3.65. The summed E-state index contributed by atoms with van der Waals surface area (Å²) in [5, 5.41) is 2.62. The highest BCUT2D eigenvalue weighted by molar-refractivity contribution is 9.11. The number of thiophene rings is 1. The number of halogens is 1. The monoisotopic (exact) mass is 304 g/mol. The lowest BCUT2D eigenvalue weighted by Crippen LogP contribution is -2.44. The van der Waals surface area contributed by atoms with E-state index in [1.807, 2.05) is 6.92 Å². The van der Waals surface area contributed by atoms with Crippen molar-refractivity contribution in [3.63, 3.8) is 0 Å². The molecule has 0 spiro atoms. The Kier molecular flexibility index (Phi) is 4.95. The topological polar surface area (TPSA) is 72.2 Å². The lowest BCUT2D eigenvalue weighted by atomic mass is 10.1. The van der Waals surface area contributed by atoms with Gasteiger partial charge in [-0.1, -0.05) is 13.3 Å². The molecule has 16 heavy (non-hydrogen) atoms. The van der Waals surface area contributed by atoms with Crippen LogP contribution < -0.4 is 11.1 Å². The standard InChI is InChI=1S/C10H13BrN2O2S/c1-2-3-6(9(12)14)13-10(15)7-4-5-8(11)16-7/h4-6H,2-3H2,1H3,(H2,12,14)(H,13,15). The Bertz CT molecular complexity index is 392. The van der Waals surface area contributed by atoms with Gasteiger partial charge in [0.05, 0.1) is 8.66 Å². The molecule has 0 saturated carbocycles. The van der Waals surface area contributed by atoms with Crippen LogP contribution in [-0.2, 0) is 4.79 Å². The molecule has 0 fully saturated rings. The SMILES string of the molecule is CCCC(NC(=O)c1ccc(Br)s1)C(N)=O. The second-order valence-electron chi connectivity index (χ2n) is 3.32. The minimum Gasteiger partial charge on any atom is -0.368 e. The van der Waals surface area contributed by atoms with Crippen LogP contribution in [-0.4, -0.2) is 17.9 Å². The number of hydrogen-bond donors (Lipinski definition) is 2. The molecule has 1 aromatic rings. The first-order valence-electron chi connectivity index (χ1n) is 4.90. The van der Waals surface area contributed by atoms with E-state index < -0.39 is 11.9 Å². The second-order valence-corrected chi connectivity index (χ2v) is 5.78. The number of nitrogens with two attached hydrogens (primary N) is 1. The number of carbonyl (C=O) groups excluding carboxylic acids is 2. The first kappa shape index (κ1) is 13.2. The van der Waals surface area contributed by atoms with Gasteiger partial charge in [-0.25, -0.2) is 0 Å². The van der Waals surface area contributed by atoms with Crippen LogP contribution in [0.15, 0.2) is 15.9 Å². The molecule has 1 atom stereocenters. The number of hydrogen-bond acceptors (Lipinski definition) is 3. The maximum absolute atomic E-state index is 11.7. The van der Waals surface area contributed by atoms with Gasteiger partial charge in [-0.3, -0.25) is 9.59 Å². The Balaban J connectivity index is 2.65. The predicted octanol–water partition coefficient (Wildman–Crippen LogP) is 1.89. The highest BCUT2D eigenvalue weighted by atomic mass is 79.9. The minimum absolute atomic E-state index is 0.257. The molecule has 3 N–H and O–H groups in total. The van der Waals surface area contributed by atoms with Crippen LogP contribution >= 0.6 is 27.3 Å². The zero-order valence-electron chi connectivity index (χ0n) is 8.83. The van der Waals surface area contributed by atoms with Crippen molar-refractivity contribution in [1.82, 2.24) is 5.32 Å². The van der Waals surface area contributed by atoms with Crippen LogP contribution in [0.25, 0.3) is 0 Å². The van der Waals surface area contributed by atoms with E-state index in [0.717, 1.165) is 10.2 Å². The van der Waals surface area contributed by atoms with Crippen LogP contribution in [0, 0.1) is 0 Å². The summed E-state index contributed by atoms with van der Waals surface area (Å²) in [5.41, 5.74) is 5.19. The summed E-state index contributed by atoms with van der Waals surface area (Å²) in [6.07, 6.45) is 1.36. The molecule has 2 amide bonds. The van der Waals surface area contributed by atoms with Crippen molar-refractivity contribution < 1.29 is 9.59 Å². The summed E-state index contributed by atoms with van der Waals surface area (Å²) in [7, 11) is 0. The quantitative estimate of drug-likeness (QED) is 0.872. The maximum atomic E-state index is 11.7. The zero-order chi connectivity index (χ0) is 12.1. The molecule has 4 nitrogen and oxygen atoms in total. The molecule has 0 aliphatic carbocycles. The lowest BCUT2D eigenvalue weighted by molar-refractivity contribution is -0.120. The molecule has 0 saturated heterocycles. The molecule has 1 rings (SSSR count). The summed E-state index contributed by atoms with van der Waals surface area (Å²) < 4.78 is 0.878. The van der Waals surface area contributed by atoms with Gasteiger partial charge in [-0.15, -0.1) is 11.3 Å². The fourth-order valence-electron chi connectivity index (χ4n) is 1.24. The summed E-state index contributed by atoms with van der Waals surface area (Å²) in [4.78, 5) is 23.3. The van der Waals surface area contributed by atoms with E-state index in [1.165, 1.54) is 11.3 Å². The van der Waals surface area contributed by atoms with Crippen LogP contribution in [0.4, 0.5) is 0 Å². The Morgan fingerprint density at radius 3 is 2.69 bits per heavy atom. The Morgan fingerprint density at radius 1 is 1.56 bits per heavy atom. The highest BCUT2D eigenvalue weighted by Gasteiger charge is 2.18. The Labute approximate surface area is 106 Å². The van der Waals surface area contributed by atoms with Gasteiger partial charge in [-0.2, -0.15) is 0 Å². The third-order valence-electron chi connectivity index (χ3n) is 2.02. The fourth-order valence-corrected chi connectivity index (χ4v) is 2.53. The van der Waals surface area contributed by atoms with E-state index in [9.17, 15) is 9.59 Å². The van der Waals surface area contributed by atoms with Crippen molar-refractivity contribution in [2.45, 2.75) is 25.8 Å². The largest absolute Gasteiger partial charge is 0.368 e. The van der Waals surface area contributed by atoms with Crippen LogP contribution in [0.5, 0.6) is 0 Å². The van der Waals surface area contributed by atoms with Crippen molar-refractivity contribution in [3.05, 3.63) is 20.8 Å². The minimum atomic E-state index is -0.585. The molecule has 1 unspecified atom stereocenters. The predicted molar refractivity (Wildman–Crippen MR) is 67.4 cm³/mol. The van der Waals surface area contributed by atoms with Gasteiger partial charge in [0.25, 0.3) is 5.91 Å². The molecule has 1 aromatic heterocycles. The molecule has 0 radical (unpaired) electrons. The highest BCUT2D eigenvalue weighted by Crippen LogP contribution is 2.21. The number of carbonyl (C=O) groups is 2. The van der Waals surface area contributed by atoms with E-state index in [0.29, 0.717) is 11.3 Å². The van der Waals surface area contributed by atoms with Crippen LogP contribution in [0.2, 0.25) is 0 Å². The summed E-state index contributed by atoms with van der Waals surface area (Å²) in [6.45, 7) is 1.93. The number of amides is 2. The number of primary amides is 1. The Morgan fingerprint density at radius 2 is 2.25 bits per heavy atom. The normalized spacial score (nSPS) is 12.1. The molecule has 0 aliphatic rings. The number of nitrogens with one attached hydrogen (secondary N) is 1. The molecular formula is C10H13BrN2O2S. The fraction of sp³-hybridized carbons (Fsp3) is 0.400. The smallest absolute Gasteiger partial charge is 0.262 e. The second kappa shape index (κ2) is 6.00. The van der Waals surface area contributed by atoms with Crippen molar-refractivity contribution in [1.29, 1.82) is 0 Å². The molecule has 6 heteroatoms. The van der Waals surface area contributed by atoms with Gasteiger partial charge in [0.15, 0.2) is 0 Å². The third kappa shape index (κ3) is 3.61. The van der Waals surface area contributed by atoms with E-state index in [-0.39, 0.29) is 5.91 Å². The first-order chi connectivity index (χ1) is 7.54. The van der Waals surface area contributed by atoms with E-state index >= 15 is 0 Å².